The van der Waals surface area contributed by atoms with Crippen molar-refractivity contribution in [2.75, 3.05) is 40.3 Å². The Bertz CT molecular complexity index is 854. The molecule has 0 bridgehead atoms. The van der Waals surface area contributed by atoms with Gasteiger partial charge in [-0.1, -0.05) is 37.5 Å². The van der Waals surface area contributed by atoms with Crippen molar-refractivity contribution in [1.82, 2.24) is 19.7 Å². The van der Waals surface area contributed by atoms with E-state index in [1.54, 1.807) is 7.11 Å². The van der Waals surface area contributed by atoms with Gasteiger partial charge in [0.1, 0.15) is 12.0 Å². The van der Waals surface area contributed by atoms with Crippen LogP contribution >= 0.6 is 0 Å². The molecule has 1 saturated heterocycles. The lowest BCUT2D eigenvalue weighted by molar-refractivity contribution is 0.0690. The minimum Gasteiger partial charge on any atom is -0.496 e. The van der Waals surface area contributed by atoms with E-state index in [1.165, 1.54) is 31.1 Å². The van der Waals surface area contributed by atoms with Gasteiger partial charge in [-0.25, -0.2) is 4.98 Å². The molecule has 7 nitrogen and oxygen atoms in total. The summed E-state index contributed by atoms with van der Waals surface area (Å²) in [6.45, 7) is 5.39. The molecule has 31 heavy (non-hydrogen) atoms. The molecule has 1 aliphatic carbocycles. The first-order chi connectivity index (χ1) is 15.1. The van der Waals surface area contributed by atoms with Crippen LogP contribution in [-0.4, -0.2) is 72.0 Å². The SMILES string of the molecule is COc1ccccc1CN1CCN(Cc2nc(C(=O)N(C)C3CCCCC3)co2)CC1. The average molecular weight is 427 g/mol. The number of ether oxygens (including phenoxy) is 1. The lowest BCUT2D eigenvalue weighted by atomic mass is 9.94. The van der Waals surface area contributed by atoms with E-state index in [0.29, 0.717) is 24.2 Å². The fourth-order valence-corrected chi connectivity index (χ4v) is 4.67. The predicted octanol–water partition coefficient (Wildman–Crippen LogP) is 3.41. The third kappa shape index (κ3) is 5.46. The lowest BCUT2D eigenvalue weighted by Crippen LogP contribution is -2.45. The molecule has 1 saturated carbocycles. The number of carbonyl (C=O) groups is 1. The molecule has 0 unspecified atom stereocenters. The summed E-state index contributed by atoms with van der Waals surface area (Å²) in [5, 5.41) is 0. The van der Waals surface area contributed by atoms with Crippen LogP contribution < -0.4 is 4.74 Å². The molecule has 1 aromatic carbocycles. The Morgan fingerprint density at radius 2 is 1.77 bits per heavy atom. The van der Waals surface area contributed by atoms with E-state index in [0.717, 1.165) is 51.3 Å². The highest BCUT2D eigenvalue weighted by atomic mass is 16.5. The number of aromatic nitrogens is 1. The zero-order valence-electron chi connectivity index (χ0n) is 18.8. The van der Waals surface area contributed by atoms with Crippen molar-refractivity contribution in [3.63, 3.8) is 0 Å². The van der Waals surface area contributed by atoms with Gasteiger partial charge < -0.3 is 14.1 Å². The number of methoxy groups -OCH3 is 1. The zero-order chi connectivity index (χ0) is 21.6. The normalized spacial score (nSPS) is 18.8. The van der Waals surface area contributed by atoms with Gasteiger partial charge in [-0.2, -0.15) is 0 Å². The first-order valence-corrected chi connectivity index (χ1v) is 11.4. The molecule has 0 spiro atoms. The molecule has 0 radical (unpaired) electrons. The van der Waals surface area contributed by atoms with Crippen LogP contribution in [0.15, 0.2) is 34.9 Å². The highest BCUT2D eigenvalue weighted by Gasteiger charge is 2.26. The maximum absolute atomic E-state index is 12.8. The first-order valence-electron chi connectivity index (χ1n) is 11.4. The van der Waals surface area contributed by atoms with Gasteiger partial charge in [0.2, 0.25) is 5.89 Å². The third-order valence-corrected chi connectivity index (χ3v) is 6.62. The molecule has 7 heteroatoms. The number of benzene rings is 1. The number of nitrogens with zero attached hydrogens (tertiary/aromatic N) is 4. The van der Waals surface area contributed by atoms with Gasteiger partial charge >= 0.3 is 0 Å². The van der Waals surface area contributed by atoms with Crippen molar-refractivity contribution >= 4 is 5.91 Å². The van der Waals surface area contributed by atoms with Gasteiger partial charge in [0.15, 0.2) is 5.69 Å². The number of amides is 1. The summed E-state index contributed by atoms with van der Waals surface area (Å²) in [5.74, 6) is 1.54. The van der Waals surface area contributed by atoms with E-state index in [2.05, 4.69) is 26.9 Å². The summed E-state index contributed by atoms with van der Waals surface area (Å²) in [4.78, 5) is 23.9. The number of para-hydroxylation sites is 1. The Morgan fingerprint density at radius 1 is 1.10 bits per heavy atom. The summed E-state index contributed by atoms with van der Waals surface area (Å²) in [6, 6.07) is 8.53. The minimum absolute atomic E-state index is 0.0245. The minimum atomic E-state index is -0.0245. The maximum atomic E-state index is 12.8. The van der Waals surface area contributed by atoms with Gasteiger partial charge in [-0.3, -0.25) is 14.6 Å². The maximum Gasteiger partial charge on any atom is 0.275 e. The second kappa shape index (κ2) is 10.3. The number of rotatable bonds is 7. The van der Waals surface area contributed by atoms with E-state index in [-0.39, 0.29) is 5.91 Å². The average Bonchev–Trinajstić information content (AvgIpc) is 3.29. The molecule has 2 fully saturated rings. The summed E-state index contributed by atoms with van der Waals surface area (Å²) < 4.78 is 11.1. The fourth-order valence-electron chi connectivity index (χ4n) is 4.67. The molecule has 2 aromatic rings. The van der Waals surface area contributed by atoms with E-state index in [9.17, 15) is 4.79 Å². The highest BCUT2D eigenvalue weighted by molar-refractivity contribution is 5.92. The van der Waals surface area contributed by atoms with Crippen molar-refractivity contribution in [2.24, 2.45) is 0 Å². The van der Waals surface area contributed by atoms with Gasteiger partial charge in [-0.05, 0) is 18.9 Å². The van der Waals surface area contributed by atoms with Crippen molar-refractivity contribution < 1.29 is 13.9 Å². The number of hydrogen-bond donors (Lipinski definition) is 0. The zero-order valence-corrected chi connectivity index (χ0v) is 18.8. The Labute approximate surface area is 185 Å². The van der Waals surface area contributed by atoms with Crippen molar-refractivity contribution in [2.45, 2.75) is 51.2 Å². The third-order valence-electron chi connectivity index (χ3n) is 6.62. The number of piperazine rings is 1. The monoisotopic (exact) mass is 426 g/mol. The van der Waals surface area contributed by atoms with E-state index >= 15 is 0 Å². The van der Waals surface area contributed by atoms with Crippen LogP contribution in [-0.2, 0) is 13.1 Å². The molecule has 0 N–H and O–H groups in total. The lowest BCUT2D eigenvalue weighted by Gasteiger charge is -2.34. The van der Waals surface area contributed by atoms with Gasteiger partial charge in [0.05, 0.1) is 13.7 Å². The van der Waals surface area contributed by atoms with E-state index < -0.39 is 0 Å². The van der Waals surface area contributed by atoms with Gasteiger partial charge in [0, 0.05) is 51.4 Å². The molecular formula is C24H34N4O3. The second-order valence-electron chi connectivity index (χ2n) is 8.70. The summed E-state index contributed by atoms with van der Waals surface area (Å²) in [5.41, 5.74) is 1.65. The molecule has 1 aromatic heterocycles. The summed E-state index contributed by atoms with van der Waals surface area (Å²) in [7, 11) is 3.62. The van der Waals surface area contributed by atoms with Crippen LogP contribution in [0.1, 0.15) is 54.0 Å². The first kappa shape index (κ1) is 21.8. The van der Waals surface area contributed by atoms with Crippen LogP contribution in [0.5, 0.6) is 5.75 Å². The van der Waals surface area contributed by atoms with Crippen LogP contribution in [0, 0.1) is 0 Å². The molecule has 168 valence electrons. The van der Waals surface area contributed by atoms with E-state index in [1.807, 2.05) is 24.1 Å². The fraction of sp³-hybridized carbons (Fsp3) is 0.583. The highest BCUT2D eigenvalue weighted by Crippen LogP contribution is 2.23. The Morgan fingerprint density at radius 3 is 2.48 bits per heavy atom. The van der Waals surface area contributed by atoms with Crippen LogP contribution in [0.3, 0.4) is 0 Å². The molecule has 1 amide bonds. The molecule has 2 heterocycles. The topological polar surface area (TPSA) is 62.1 Å². The molecular weight excluding hydrogens is 392 g/mol. The number of oxazole rings is 1. The molecule has 1 aliphatic heterocycles. The summed E-state index contributed by atoms with van der Waals surface area (Å²) in [6.07, 6.45) is 7.39. The Balaban J connectivity index is 1.26. The van der Waals surface area contributed by atoms with Crippen molar-refractivity contribution in [3.8, 4) is 5.75 Å². The Kier molecular flexibility index (Phi) is 7.25. The smallest absolute Gasteiger partial charge is 0.275 e. The molecule has 4 rings (SSSR count). The Hall–Kier alpha value is -2.38. The quantitative estimate of drug-likeness (QED) is 0.676. The molecule has 0 atom stereocenters. The van der Waals surface area contributed by atoms with E-state index in [4.69, 9.17) is 9.15 Å². The second-order valence-corrected chi connectivity index (χ2v) is 8.70. The van der Waals surface area contributed by atoms with Crippen LogP contribution in [0.4, 0.5) is 0 Å². The van der Waals surface area contributed by atoms with Crippen LogP contribution in [0.2, 0.25) is 0 Å². The van der Waals surface area contributed by atoms with Gasteiger partial charge in [-0.15, -0.1) is 0 Å². The van der Waals surface area contributed by atoms with Crippen molar-refractivity contribution in [1.29, 1.82) is 0 Å². The number of hydrogen-bond acceptors (Lipinski definition) is 6. The largest absolute Gasteiger partial charge is 0.496 e. The summed E-state index contributed by atoms with van der Waals surface area (Å²) >= 11 is 0. The van der Waals surface area contributed by atoms with Crippen molar-refractivity contribution in [3.05, 3.63) is 47.7 Å². The van der Waals surface area contributed by atoms with Crippen LogP contribution in [0.25, 0.3) is 0 Å². The number of carbonyl (C=O) groups excluding carboxylic acids is 1. The predicted molar refractivity (Wildman–Crippen MR) is 119 cm³/mol. The molecule has 2 aliphatic rings. The van der Waals surface area contributed by atoms with Gasteiger partial charge in [0.25, 0.3) is 5.91 Å². The standard InChI is InChI=1S/C24H34N4O3/c1-26(20-9-4-3-5-10-20)24(29)21-18-31-23(25-21)17-28-14-12-27(13-15-28)16-19-8-6-7-11-22(19)30-2/h6-8,11,18,20H,3-5,9-10,12-17H2,1-2H3.